The lowest BCUT2D eigenvalue weighted by molar-refractivity contribution is 0.131. The monoisotopic (exact) mass is 1470 g/mol. The third kappa shape index (κ3) is 18.6. The van der Waals surface area contributed by atoms with Crippen LogP contribution in [-0.4, -0.2) is 145 Å². The van der Waals surface area contributed by atoms with E-state index in [0.29, 0.717) is 0 Å². The molecule has 0 atom stereocenters. The van der Waals surface area contributed by atoms with Gasteiger partial charge in [0, 0.05) is 115 Å². The molecule has 17 rings (SSSR count). The summed E-state index contributed by atoms with van der Waals surface area (Å²) in [7, 11) is 33.8. The summed E-state index contributed by atoms with van der Waals surface area (Å²) in [6.45, 7) is 26.5. The van der Waals surface area contributed by atoms with Crippen LogP contribution in [0, 0.1) is 0 Å². The molecular weight excluding hydrogens is 1340 g/mol. The molecule has 0 unspecified atom stereocenters. The molecule has 4 heterocycles. The van der Waals surface area contributed by atoms with Gasteiger partial charge in [0.2, 0.25) is 0 Å². The number of rotatable bonds is 8. The maximum Gasteiger partial charge on any atom is 0.0876 e. The average Bonchev–Trinajstić information content (AvgIpc) is 1.55. The Morgan fingerprint density at radius 2 is 0.518 bits per heavy atom. The fourth-order valence-corrected chi connectivity index (χ4v) is 15.1. The quantitative estimate of drug-likeness (QED) is 0.112. The maximum atomic E-state index is 2.37. The van der Waals surface area contributed by atoms with E-state index in [4.69, 9.17) is 0 Å². The molecule has 0 bridgehead atoms. The Morgan fingerprint density at radius 1 is 0.227 bits per heavy atom. The fourth-order valence-electron chi connectivity index (χ4n) is 15.1. The van der Waals surface area contributed by atoms with Crippen molar-refractivity contribution in [3.05, 3.63) is 254 Å². The smallest absolute Gasteiger partial charge is 0.0876 e. The summed E-state index contributed by atoms with van der Waals surface area (Å²) in [5.41, 5.74) is 13.0. The highest BCUT2D eigenvalue weighted by atomic mass is 15.3. The number of nitrogens with zero attached hydrogens (tertiary/aromatic N) is 10. The molecule has 0 aliphatic carbocycles. The standard InChI is InChI=1S/C25H17N.C21H15N.2C18H23N3.2C4H11N.5C2H6/c1-26-23-15-17-9-3-2-8-16(17)14-22(23)24-20-12-6-4-10-18(20)19-11-5-7-13-21(19)25(24)26;1-22-20-9-5-4-8-17(20)19-13-12-16-15-7-3-2-6-14(15)10-11-18(16)21(19)22;1-19(2)18(20(3)4)13-10-11-17-15(12-13)14-8-6-7-9-16(14)21(17)5;1-19(2)18(20(3)4)13-10-11-15-14-8-6-7-9-16(14)21(5)17(15)12-13;2*1-4-5(2)3;5*1-2/h2-15H,1H3;2-13H,1H3;2*6-12,18H,1-5H3;2*4H2,1-3H3;5*1-2H3. The van der Waals surface area contributed by atoms with Gasteiger partial charge in [-0.1, -0.05) is 277 Å². The Labute approximate surface area is 659 Å². The number of hydrogen-bond acceptors (Lipinski definition) is 6. The number of hydrogen-bond donors (Lipinski definition) is 0. The van der Waals surface area contributed by atoms with Crippen molar-refractivity contribution in [2.24, 2.45) is 28.2 Å². The Kier molecular flexibility index (Phi) is 32.7. The topological polar surface area (TPSA) is 39.2 Å². The van der Waals surface area contributed by atoms with E-state index in [0.717, 1.165) is 13.1 Å². The molecule has 4 aromatic heterocycles. The molecule has 17 aromatic rings. The van der Waals surface area contributed by atoms with Crippen molar-refractivity contribution >= 4 is 141 Å². The van der Waals surface area contributed by atoms with Crippen molar-refractivity contribution in [3.8, 4) is 0 Å². The van der Waals surface area contributed by atoms with Crippen molar-refractivity contribution in [1.29, 1.82) is 0 Å². The molecule has 0 saturated heterocycles. The summed E-state index contributed by atoms with van der Waals surface area (Å²) >= 11 is 0. The molecule has 0 aliphatic heterocycles. The van der Waals surface area contributed by atoms with Crippen LogP contribution in [0.4, 0.5) is 0 Å². The van der Waals surface area contributed by atoms with Gasteiger partial charge in [0.1, 0.15) is 0 Å². The number of para-hydroxylation sites is 3. The molecule has 0 aliphatic rings. The van der Waals surface area contributed by atoms with Gasteiger partial charge in [0.25, 0.3) is 0 Å². The average molecular weight is 1470 g/mol. The van der Waals surface area contributed by atoms with Gasteiger partial charge in [-0.25, -0.2) is 0 Å². The number of aromatic nitrogens is 4. The van der Waals surface area contributed by atoms with Crippen LogP contribution in [-0.2, 0) is 28.2 Å². The SMILES string of the molecule is CC.CC.CC.CC.CC.CCN(C)C.CCN(C)C.CN(C)C(c1ccc2c(c1)c1ccccc1n2C)N(C)C.CN(C)C(c1ccc2c3ccccc3n(C)c2c1)N(C)C.Cn1c2cc3ccccc3cc2c2c3ccccc3c3ccccc3c21.Cn1c2ccccc2c2ccc3c4ccccc4ccc3c21. The van der Waals surface area contributed by atoms with Gasteiger partial charge < -0.3 is 28.1 Å². The summed E-state index contributed by atoms with van der Waals surface area (Å²) in [6.07, 6.45) is 0.570. The molecule has 0 radical (unpaired) electrons. The molecule has 13 aromatic carbocycles. The molecular formula is C100H130N10. The predicted molar refractivity (Wildman–Crippen MR) is 495 cm³/mol. The Morgan fingerprint density at radius 3 is 1.02 bits per heavy atom. The summed E-state index contributed by atoms with van der Waals surface area (Å²) in [5, 5.41) is 23.9. The fraction of sp³-hybridized carbons (Fsp3) is 0.320. The molecule has 110 heavy (non-hydrogen) atoms. The third-order valence-corrected chi connectivity index (χ3v) is 20.2. The summed E-state index contributed by atoms with van der Waals surface area (Å²) < 4.78 is 9.25. The molecule has 0 fully saturated rings. The molecule has 0 spiro atoms. The number of aryl methyl sites for hydroxylation is 4. The molecule has 580 valence electrons. The molecule has 0 amide bonds. The zero-order chi connectivity index (χ0) is 80.8. The Hall–Kier alpha value is -9.88. The van der Waals surface area contributed by atoms with Crippen molar-refractivity contribution in [3.63, 3.8) is 0 Å². The summed E-state index contributed by atoms with van der Waals surface area (Å²) in [6, 6.07) is 88.0. The van der Waals surface area contributed by atoms with E-state index in [1.54, 1.807) is 0 Å². The summed E-state index contributed by atoms with van der Waals surface area (Å²) in [4.78, 5) is 13.2. The van der Waals surface area contributed by atoms with Crippen LogP contribution in [0.2, 0.25) is 0 Å². The van der Waals surface area contributed by atoms with Crippen LogP contribution < -0.4 is 0 Å². The van der Waals surface area contributed by atoms with E-state index >= 15 is 0 Å². The van der Waals surface area contributed by atoms with Gasteiger partial charge in [-0.15, -0.1) is 0 Å². The lowest BCUT2D eigenvalue weighted by Crippen LogP contribution is -2.32. The maximum absolute atomic E-state index is 2.37. The van der Waals surface area contributed by atoms with Crippen molar-refractivity contribution in [2.75, 3.05) is 97.7 Å². The first-order valence-corrected chi connectivity index (χ1v) is 40.1. The molecule has 10 heteroatoms. The first-order valence-electron chi connectivity index (χ1n) is 40.1. The minimum absolute atomic E-state index is 0.285. The van der Waals surface area contributed by atoms with Crippen molar-refractivity contribution < 1.29 is 0 Å². The van der Waals surface area contributed by atoms with Gasteiger partial charge in [-0.05, 0) is 200 Å². The van der Waals surface area contributed by atoms with Crippen molar-refractivity contribution in [1.82, 2.24) is 47.7 Å². The minimum atomic E-state index is 0.285. The van der Waals surface area contributed by atoms with E-state index in [1.807, 2.05) is 69.2 Å². The second-order valence-electron chi connectivity index (χ2n) is 28.1. The highest BCUT2D eigenvalue weighted by Gasteiger charge is 2.22. The second-order valence-corrected chi connectivity index (χ2v) is 28.1. The van der Waals surface area contributed by atoms with E-state index < -0.39 is 0 Å². The van der Waals surface area contributed by atoms with Crippen LogP contribution >= 0.6 is 0 Å². The van der Waals surface area contributed by atoms with Gasteiger partial charge >= 0.3 is 0 Å². The van der Waals surface area contributed by atoms with Crippen LogP contribution in [0.1, 0.15) is 107 Å². The molecule has 0 saturated carbocycles. The number of benzene rings is 13. The van der Waals surface area contributed by atoms with E-state index in [9.17, 15) is 0 Å². The normalized spacial score (nSPS) is 11.1. The zero-order valence-corrected chi connectivity index (χ0v) is 72.1. The Bertz CT molecular complexity index is 5730. The predicted octanol–water partition coefficient (Wildman–Crippen LogP) is 25.6. The van der Waals surface area contributed by atoms with E-state index in [-0.39, 0.29) is 12.3 Å². The Balaban J connectivity index is 0.000000189. The molecule has 0 N–H and O–H groups in total. The van der Waals surface area contributed by atoms with E-state index in [2.05, 4.69) is 417 Å². The van der Waals surface area contributed by atoms with Crippen LogP contribution in [0.25, 0.3) is 141 Å². The van der Waals surface area contributed by atoms with Gasteiger partial charge in [0.05, 0.1) is 23.4 Å². The second kappa shape index (κ2) is 41.2. The lowest BCUT2D eigenvalue weighted by Gasteiger charge is -2.31. The summed E-state index contributed by atoms with van der Waals surface area (Å²) in [5.74, 6) is 0. The van der Waals surface area contributed by atoms with Crippen LogP contribution in [0.5, 0.6) is 0 Å². The number of fused-ring (bicyclic) bond motifs is 22. The van der Waals surface area contributed by atoms with Crippen molar-refractivity contribution in [2.45, 2.75) is 95.4 Å². The van der Waals surface area contributed by atoms with Gasteiger partial charge in [-0.2, -0.15) is 0 Å². The third-order valence-electron chi connectivity index (χ3n) is 20.2. The largest absolute Gasteiger partial charge is 0.344 e. The highest BCUT2D eigenvalue weighted by molar-refractivity contribution is 6.32. The first kappa shape index (κ1) is 87.3. The highest BCUT2D eigenvalue weighted by Crippen LogP contribution is 2.43. The van der Waals surface area contributed by atoms with Crippen LogP contribution in [0.3, 0.4) is 0 Å². The van der Waals surface area contributed by atoms with E-state index in [1.165, 1.54) is 152 Å². The minimum Gasteiger partial charge on any atom is -0.344 e. The molecule has 10 nitrogen and oxygen atoms in total. The van der Waals surface area contributed by atoms with Gasteiger partial charge in [-0.3, -0.25) is 19.6 Å². The van der Waals surface area contributed by atoms with Gasteiger partial charge in [0.15, 0.2) is 0 Å². The first-order chi connectivity index (χ1) is 53.2. The zero-order valence-electron chi connectivity index (χ0n) is 72.1. The van der Waals surface area contributed by atoms with Crippen LogP contribution in [0.15, 0.2) is 243 Å². The lowest BCUT2D eigenvalue weighted by atomic mass is 9.96.